The smallest absolute Gasteiger partial charge is 0.130 e. The van der Waals surface area contributed by atoms with E-state index in [9.17, 15) is 8.78 Å². The first-order valence-corrected chi connectivity index (χ1v) is 7.39. The highest BCUT2D eigenvalue weighted by atomic mass is 19.1. The van der Waals surface area contributed by atoms with E-state index in [1.54, 1.807) is 6.07 Å². The van der Waals surface area contributed by atoms with Gasteiger partial charge in [0, 0.05) is 24.2 Å². The molecule has 1 aromatic carbocycles. The summed E-state index contributed by atoms with van der Waals surface area (Å²) in [5, 5.41) is 3.45. The Morgan fingerprint density at radius 3 is 2.63 bits per heavy atom. The van der Waals surface area contributed by atoms with Gasteiger partial charge in [-0.15, -0.1) is 0 Å². The molecule has 1 aromatic rings. The van der Waals surface area contributed by atoms with Crippen LogP contribution in [0.1, 0.15) is 44.1 Å². The van der Waals surface area contributed by atoms with Crippen LogP contribution in [-0.2, 0) is 6.54 Å². The lowest BCUT2D eigenvalue weighted by Gasteiger charge is -2.30. The van der Waals surface area contributed by atoms with Crippen LogP contribution >= 0.6 is 0 Å². The van der Waals surface area contributed by atoms with Gasteiger partial charge < -0.3 is 5.32 Å². The first-order valence-electron chi connectivity index (χ1n) is 7.39. The number of benzene rings is 1. The molecule has 2 aliphatic carbocycles. The molecule has 0 aromatic heterocycles. The van der Waals surface area contributed by atoms with Gasteiger partial charge in [0.2, 0.25) is 0 Å². The van der Waals surface area contributed by atoms with Crippen molar-refractivity contribution < 1.29 is 8.78 Å². The summed E-state index contributed by atoms with van der Waals surface area (Å²) in [6, 6.07) is 4.33. The molecule has 1 nitrogen and oxygen atoms in total. The van der Waals surface area contributed by atoms with Crippen molar-refractivity contribution in [2.45, 2.75) is 51.1 Å². The maximum absolute atomic E-state index is 13.5. The van der Waals surface area contributed by atoms with Crippen LogP contribution in [0.4, 0.5) is 8.78 Å². The van der Waals surface area contributed by atoms with E-state index in [0.717, 1.165) is 17.9 Å². The highest BCUT2D eigenvalue weighted by molar-refractivity contribution is 5.18. The Hall–Kier alpha value is -0.960. The molecule has 0 spiro atoms. The van der Waals surface area contributed by atoms with Gasteiger partial charge in [0.05, 0.1) is 0 Å². The second kappa shape index (κ2) is 5.58. The zero-order valence-corrected chi connectivity index (χ0v) is 11.2. The predicted molar refractivity (Wildman–Crippen MR) is 71.7 cm³/mol. The molecule has 0 aliphatic heterocycles. The Bertz CT molecular complexity index is 442. The Balaban J connectivity index is 1.53. The van der Waals surface area contributed by atoms with Gasteiger partial charge in [0.1, 0.15) is 11.6 Å². The molecule has 3 rings (SSSR count). The third kappa shape index (κ3) is 3.33. The first kappa shape index (κ1) is 13.0. The molecule has 2 unspecified atom stereocenters. The number of hydrogen-bond acceptors (Lipinski definition) is 1. The van der Waals surface area contributed by atoms with Gasteiger partial charge in [0.15, 0.2) is 0 Å². The van der Waals surface area contributed by atoms with Crippen LogP contribution in [-0.4, -0.2) is 6.04 Å². The molecule has 0 heterocycles. The second-order valence-corrected chi connectivity index (χ2v) is 6.08. The van der Waals surface area contributed by atoms with E-state index in [1.807, 2.05) is 0 Å². The summed E-state index contributed by atoms with van der Waals surface area (Å²) in [5.74, 6) is 0.895. The molecule has 0 amide bonds. The largest absolute Gasteiger partial charge is 0.310 e. The van der Waals surface area contributed by atoms with Gasteiger partial charge in [-0.3, -0.25) is 0 Å². The van der Waals surface area contributed by atoms with Gasteiger partial charge in [-0.25, -0.2) is 8.78 Å². The van der Waals surface area contributed by atoms with Crippen molar-refractivity contribution in [3.63, 3.8) is 0 Å². The molecule has 2 saturated carbocycles. The molecule has 19 heavy (non-hydrogen) atoms. The van der Waals surface area contributed by atoms with Crippen molar-refractivity contribution in [3.8, 4) is 0 Å². The van der Waals surface area contributed by atoms with Crippen LogP contribution in [0.2, 0.25) is 0 Å². The normalized spacial score (nSPS) is 27.5. The van der Waals surface area contributed by atoms with Crippen LogP contribution in [0.15, 0.2) is 18.2 Å². The van der Waals surface area contributed by atoms with Crippen molar-refractivity contribution >= 4 is 0 Å². The minimum Gasteiger partial charge on any atom is -0.310 e. The molecule has 1 N–H and O–H groups in total. The summed E-state index contributed by atoms with van der Waals surface area (Å²) >= 11 is 0. The van der Waals surface area contributed by atoms with Gasteiger partial charge in [-0.2, -0.15) is 0 Å². The Labute approximate surface area is 113 Å². The third-order valence-electron chi connectivity index (χ3n) is 4.60. The molecule has 0 radical (unpaired) electrons. The molecule has 2 aliphatic rings. The molecule has 104 valence electrons. The fourth-order valence-corrected chi connectivity index (χ4v) is 3.33. The summed E-state index contributed by atoms with van der Waals surface area (Å²) in [4.78, 5) is 0. The van der Waals surface area contributed by atoms with E-state index in [2.05, 4.69) is 5.32 Å². The fraction of sp³-hybridized carbons (Fsp3) is 0.625. The molecular formula is C16H21F2N. The molecule has 2 atom stereocenters. The topological polar surface area (TPSA) is 12.0 Å². The highest BCUT2D eigenvalue weighted by Crippen LogP contribution is 2.43. The predicted octanol–water partition coefficient (Wildman–Crippen LogP) is 4.02. The monoisotopic (exact) mass is 265 g/mol. The molecule has 3 heteroatoms. The zero-order chi connectivity index (χ0) is 13.2. The fourth-order valence-electron chi connectivity index (χ4n) is 3.33. The Kier molecular flexibility index (Phi) is 3.83. The van der Waals surface area contributed by atoms with Crippen LogP contribution in [0.5, 0.6) is 0 Å². The van der Waals surface area contributed by atoms with E-state index in [4.69, 9.17) is 0 Å². The van der Waals surface area contributed by atoms with Gasteiger partial charge in [-0.1, -0.05) is 18.9 Å². The number of hydrogen-bond donors (Lipinski definition) is 1. The zero-order valence-electron chi connectivity index (χ0n) is 11.2. The summed E-state index contributed by atoms with van der Waals surface area (Å²) in [6.07, 6.45) is 7.88. The Morgan fingerprint density at radius 1 is 1.05 bits per heavy atom. The van der Waals surface area contributed by atoms with Gasteiger partial charge in [-0.05, 0) is 43.6 Å². The van der Waals surface area contributed by atoms with Gasteiger partial charge in [0.25, 0.3) is 0 Å². The van der Waals surface area contributed by atoms with E-state index >= 15 is 0 Å². The lowest BCUT2D eigenvalue weighted by molar-refractivity contribution is 0.259. The Morgan fingerprint density at radius 2 is 1.89 bits per heavy atom. The molecule has 0 bridgehead atoms. The lowest BCUT2D eigenvalue weighted by Crippen LogP contribution is -2.34. The average Bonchev–Trinajstić information content (AvgIpc) is 3.22. The van der Waals surface area contributed by atoms with Crippen molar-refractivity contribution in [2.24, 2.45) is 11.8 Å². The van der Waals surface area contributed by atoms with Crippen LogP contribution in [0.3, 0.4) is 0 Å². The first-order chi connectivity index (χ1) is 9.22. The maximum atomic E-state index is 13.5. The van der Waals surface area contributed by atoms with Crippen molar-refractivity contribution in [2.75, 3.05) is 0 Å². The van der Waals surface area contributed by atoms with E-state index < -0.39 is 11.6 Å². The van der Waals surface area contributed by atoms with Crippen LogP contribution in [0, 0.1) is 23.5 Å². The molecule has 0 saturated heterocycles. The van der Waals surface area contributed by atoms with E-state index in [0.29, 0.717) is 18.2 Å². The van der Waals surface area contributed by atoms with Crippen molar-refractivity contribution in [1.29, 1.82) is 0 Å². The number of rotatable bonds is 4. The summed E-state index contributed by atoms with van der Waals surface area (Å²) in [7, 11) is 0. The maximum Gasteiger partial charge on any atom is 0.130 e. The molecule has 2 fully saturated rings. The quantitative estimate of drug-likeness (QED) is 0.867. The van der Waals surface area contributed by atoms with Gasteiger partial charge >= 0.3 is 0 Å². The van der Waals surface area contributed by atoms with Crippen molar-refractivity contribution in [1.82, 2.24) is 5.32 Å². The highest BCUT2D eigenvalue weighted by Gasteiger charge is 2.34. The lowest BCUT2D eigenvalue weighted by atomic mass is 9.82. The summed E-state index contributed by atoms with van der Waals surface area (Å²) < 4.78 is 26.4. The minimum atomic E-state index is -0.507. The average molecular weight is 265 g/mol. The molecular weight excluding hydrogens is 244 g/mol. The third-order valence-corrected chi connectivity index (χ3v) is 4.60. The number of halogens is 2. The second-order valence-electron chi connectivity index (χ2n) is 6.08. The summed E-state index contributed by atoms with van der Waals surface area (Å²) in [6.45, 7) is 0.508. The number of nitrogens with one attached hydrogen (secondary N) is 1. The van der Waals surface area contributed by atoms with E-state index in [1.165, 1.54) is 44.6 Å². The van der Waals surface area contributed by atoms with E-state index in [-0.39, 0.29) is 0 Å². The SMILES string of the molecule is Fc1ccc(CNC2CCCC(C3CC3)C2)c(F)c1. The standard InChI is InChI=1S/C16H21F2N/c17-14-7-6-13(16(18)9-14)10-19-15-3-1-2-12(8-15)11-4-5-11/h6-7,9,11-12,15,19H,1-5,8,10H2. The van der Waals surface area contributed by atoms with Crippen LogP contribution < -0.4 is 5.32 Å². The summed E-state index contributed by atoms with van der Waals surface area (Å²) in [5.41, 5.74) is 0.565. The van der Waals surface area contributed by atoms with Crippen LogP contribution in [0.25, 0.3) is 0 Å². The van der Waals surface area contributed by atoms with Crippen molar-refractivity contribution in [3.05, 3.63) is 35.4 Å². The minimum absolute atomic E-state index is 0.443.